The molecule has 2 aromatic carbocycles. The third-order valence-corrected chi connectivity index (χ3v) is 5.73. The van der Waals surface area contributed by atoms with Crippen molar-refractivity contribution in [1.29, 1.82) is 0 Å². The number of benzene rings is 2. The van der Waals surface area contributed by atoms with Crippen molar-refractivity contribution < 1.29 is 14.3 Å². The number of ether oxygens (including phenoxy) is 2. The molecule has 1 atom stereocenters. The van der Waals surface area contributed by atoms with Gasteiger partial charge >= 0.3 is 0 Å². The summed E-state index contributed by atoms with van der Waals surface area (Å²) >= 11 is 7.78. The lowest BCUT2D eigenvalue weighted by Crippen LogP contribution is -2.29. The molecule has 0 bridgehead atoms. The van der Waals surface area contributed by atoms with Crippen LogP contribution in [0.5, 0.6) is 11.5 Å². The number of nitrogens with zero attached hydrogens (tertiary/aromatic N) is 2. The fourth-order valence-electron chi connectivity index (χ4n) is 2.70. The number of rotatable bonds is 3. The van der Waals surface area contributed by atoms with Gasteiger partial charge in [-0.3, -0.25) is 4.79 Å². The van der Waals surface area contributed by atoms with Crippen LogP contribution in [0.25, 0.3) is 10.2 Å². The zero-order chi connectivity index (χ0) is 17.6. The van der Waals surface area contributed by atoms with Crippen LogP contribution < -0.4 is 9.47 Å². The lowest BCUT2D eigenvalue weighted by atomic mass is 10.1. The molecule has 25 heavy (non-hydrogen) atoms. The number of carbonyl (C=O) groups is 1. The van der Waals surface area contributed by atoms with E-state index in [2.05, 4.69) is 4.98 Å². The summed E-state index contributed by atoms with van der Waals surface area (Å²) in [6.45, 7) is 2.08. The van der Waals surface area contributed by atoms with Gasteiger partial charge in [-0.2, -0.15) is 0 Å². The maximum Gasteiger partial charge on any atom is 0.254 e. The topological polar surface area (TPSA) is 51.7 Å². The average Bonchev–Trinajstić information content (AvgIpc) is 3.26. The molecule has 0 saturated carbocycles. The minimum absolute atomic E-state index is 0.116. The average molecular weight is 375 g/mol. The van der Waals surface area contributed by atoms with Crippen molar-refractivity contribution in [2.75, 3.05) is 13.8 Å². The Hall–Kier alpha value is -2.31. The third kappa shape index (κ3) is 2.81. The van der Waals surface area contributed by atoms with Crippen molar-refractivity contribution in [3.05, 3.63) is 52.0 Å². The molecule has 5 nitrogen and oxygen atoms in total. The Morgan fingerprint density at radius 3 is 2.92 bits per heavy atom. The lowest BCUT2D eigenvalue weighted by molar-refractivity contribution is 0.0742. The largest absolute Gasteiger partial charge is 0.454 e. The van der Waals surface area contributed by atoms with Crippen LogP contribution in [0.15, 0.2) is 36.4 Å². The van der Waals surface area contributed by atoms with Gasteiger partial charge in [-0.15, -0.1) is 11.3 Å². The normalized spacial score (nSPS) is 13.9. The molecule has 1 aliphatic rings. The first-order valence-corrected chi connectivity index (χ1v) is 8.96. The van der Waals surface area contributed by atoms with Gasteiger partial charge in [0.05, 0.1) is 21.3 Å². The van der Waals surface area contributed by atoms with Gasteiger partial charge in [-0.05, 0) is 31.2 Å². The second kappa shape index (κ2) is 6.20. The van der Waals surface area contributed by atoms with E-state index in [1.165, 1.54) is 0 Å². The molecule has 1 aliphatic heterocycles. The molecular weight excluding hydrogens is 360 g/mol. The smallest absolute Gasteiger partial charge is 0.254 e. The van der Waals surface area contributed by atoms with Gasteiger partial charge in [0, 0.05) is 12.6 Å². The molecule has 0 unspecified atom stereocenters. The molecule has 128 valence electrons. The van der Waals surface area contributed by atoms with Crippen LogP contribution in [0.3, 0.4) is 0 Å². The molecule has 0 aliphatic carbocycles. The molecule has 1 aromatic heterocycles. The van der Waals surface area contributed by atoms with E-state index >= 15 is 0 Å². The van der Waals surface area contributed by atoms with Crippen LogP contribution in [0.4, 0.5) is 0 Å². The summed E-state index contributed by atoms with van der Waals surface area (Å²) in [5, 5.41) is 1.27. The van der Waals surface area contributed by atoms with Crippen molar-refractivity contribution in [2.24, 2.45) is 0 Å². The van der Waals surface area contributed by atoms with Crippen LogP contribution in [-0.2, 0) is 0 Å². The summed E-state index contributed by atoms with van der Waals surface area (Å²) in [6.07, 6.45) is 0. The molecule has 7 heteroatoms. The SMILES string of the molecule is C[C@H](c1nc2ccccc2s1)N(C)C(=O)c1cc(Cl)c2c(c1)OCO2. The molecule has 1 amide bonds. The van der Waals surface area contributed by atoms with E-state index < -0.39 is 0 Å². The summed E-state index contributed by atoms with van der Waals surface area (Å²) in [5.41, 5.74) is 1.41. The predicted molar refractivity (Wildman–Crippen MR) is 97.7 cm³/mol. The molecule has 3 aromatic rings. The van der Waals surface area contributed by atoms with E-state index in [0.29, 0.717) is 22.1 Å². The van der Waals surface area contributed by atoms with Gasteiger partial charge in [-0.1, -0.05) is 23.7 Å². The number of fused-ring (bicyclic) bond motifs is 2. The molecule has 0 radical (unpaired) electrons. The fourth-order valence-corrected chi connectivity index (χ4v) is 4.03. The Labute approximate surface area is 153 Å². The summed E-state index contributed by atoms with van der Waals surface area (Å²) < 4.78 is 11.7. The van der Waals surface area contributed by atoms with E-state index in [-0.39, 0.29) is 18.7 Å². The van der Waals surface area contributed by atoms with E-state index in [1.807, 2.05) is 31.2 Å². The van der Waals surface area contributed by atoms with Crippen molar-refractivity contribution in [1.82, 2.24) is 9.88 Å². The first-order chi connectivity index (χ1) is 12.0. The maximum atomic E-state index is 12.9. The lowest BCUT2D eigenvalue weighted by Gasteiger charge is -2.23. The molecule has 0 saturated heterocycles. The molecule has 4 rings (SSSR count). The van der Waals surface area contributed by atoms with Gasteiger partial charge in [0.15, 0.2) is 11.5 Å². The molecule has 0 N–H and O–H groups in total. The predicted octanol–water partition coefficient (Wildman–Crippen LogP) is 4.51. The minimum atomic E-state index is -0.158. The minimum Gasteiger partial charge on any atom is -0.454 e. The monoisotopic (exact) mass is 374 g/mol. The standard InChI is InChI=1S/C18H15ClN2O3S/c1-10(17-20-13-5-3-4-6-15(13)25-17)21(2)18(22)11-7-12(19)16-14(8-11)23-9-24-16/h3-8,10H,9H2,1-2H3/t10-/m1/s1. The van der Waals surface area contributed by atoms with E-state index in [4.69, 9.17) is 21.1 Å². The zero-order valence-electron chi connectivity index (χ0n) is 13.7. The number of para-hydroxylation sites is 1. The van der Waals surface area contributed by atoms with Crippen molar-refractivity contribution in [3.63, 3.8) is 0 Å². The number of thiazole rings is 1. The van der Waals surface area contributed by atoms with Gasteiger partial charge in [0.25, 0.3) is 5.91 Å². The van der Waals surface area contributed by atoms with Gasteiger partial charge in [-0.25, -0.2) is 4.98 Å². The molecule has 0 spiro atoms. The first kappa shape index (κ1) is 16.2. The zero-order valence-corrected chi connectivity index (χ0v) is 15.2. The highest BCUT2D eigenvalue weighted by Gasteiger charge is 2.25. The van der Waals surface area contributed by atoms with Crippen LogP contribution in [-0.4, -0.2) is 29.6 Å². The van der Waals surface area contributed by atoms with Gasteiger partial charge in [0.1, 0.15) is 5.01 Å². The van der Waals surface area contributed by atoms with Crippen LogP contribution in [0.1, 0.15) is 28.3 Å². The summed E-state index contributed by atoms with van der Waals surface area (Å²) in [7, 11) is 1.76. The van der Waals surface area contributed by atoms with Crippen LogP contribution in [0, 0.1) is 0 Å². The molecule has 0 fully saturated rings. The number of amides is 1. The summed E-state index contributed by atoms with van der Waals surface area (Å²) in [6, 6.07) is 11.1. The number of hydrogen-bond acceptors (Lipinski definition) is 5. The summed E-state index contributed by atoms with van der Waals surface area (Å²) in [4.78, 5) is 19.2. The highest BCUT2D eigenvalue weighted by molar-refractivity contribution is 7.18. The Balaban J connectivity index is 1.62. The quantitative estimate of drug-likeness (QED) is 0.676. The maximum absolute atomic E-state index is 12.9. The van der Waals surface area contributed by atoms with E-state index in [0.717, 1.165) is 15.2 Å². The Bertz CT molecular complexity index is 939. The Kier molecular flexibility index (Phi) is 4.01. The number of hydrogen-bond donors (Lipinski definition) is 0. The first-order valence-electron chi connectivity index (χ1n) is 7.76. The summed E-state index contributed by atoms with van der Waals surface area (Å²) in [5.74, 6) is 0.837. The van der Waals surface area contributed by atoms with E-state index in [1.54, 1.807) is 35.4 Å². The van der Waals surface area contributed by atoms with Crippen LogP contribution in [0.2, 0.25) is 5.02 Å². The second-order valence-corrected chi connectivity index (χ2v) is 7.27. The van der Waals surface area contributed by atoms with Gasteiger partial charge < -0.3 is 14.4 Å². The number of halogens is 1. The molecule has 2 heterocycles. The van der Waals surface area contributed by atoms with E-state index in [9.17, 15) is 4.79 Å². The van der Waals surface area contributed by atoms with Crippen molar-refractivity contribution >= 4 is 39.1 Å². The third-order valence-electron chi connectivity index (χ3n) is 4.24. The van der Waals surface area contributed by atoms with Crippen molar-refractivity contribution in [2.45, 2.75) is 13.0 Å². The second-order valence-electron chi connectivity index (χ2n) is 5.80. The highest BCUT2D eigenvalue weighted by Crippen LogP contribution is 2.40. The fraction of sp³-hybridized carbons (Fsp3) is 0.222. The van der Waals surface area contributed by atoms with Crippen molar-refractivity contribution in [3.8, 4) is 11.5 Å². The number of carbonyl (C=O) groups excluding carboxylic acids is 1. The Morgan fingerprint density at radius 1 is 1.32 bits per heavy atom. The number of aromatic nitrogens is 1. The van der Waals surface area contributed by atoms with Gasteiger partial charge in [0.2, 0.25) is 6.79 Å². The van der Waals surface area contributed by atoms with Crippen LogP contribution >= 0.6 is 22.9 Å². The Morgan fingerprint density at radius 2 is 2.12 bits per heavy atom. The highest BCUT2D eigenvalue weighted by atomic mass is 35.5. The molecular formula is C18H15ClN2O3S.